The van der Waals surface area contributed by atoms with Crippen molar-refractivity contribution in [3.63, 3.8) is 0 Å². The van der Waals surface area contributed by atoms with Crippen LogP contribution in [0.25, 0.3) is 11.1 Å². The van der Waals surface area contributed by atoms with E-state index in [0.717, 1.165) is 35.9 Å². The number of nitrogens with zero attached hydrogens (tertiary/aromatic N) is 1. The number of epoxide rings is 1. The number of phenols is 1. The molecule has 0 saturated carbocycles. The van der Waals surface area contributed by atoms with Crippen molar-refractivity contribution in [2.75, 3.05) is 0 Å². The zero-order valence-corrected chi connectivity index (χ0v) is 10.6. The van der Waals surface area contributed by atoms with Gasteiger partial charge in [-0.2, -0.15) is 0 Å². The molecule has 0 aliphatic carbocycles. The molecule has 1 N–H and O–H groups in total. The largest absolute Gasteiger partial charge is 0.504 e. The predicted octanol–water partition coefficient (Wildman–Crippen LogP) is 3.34. The first-order valence-electron chi connectivity index (χ1n) is 6.45. The Balaban J connectivity index is 2.11. The second-order valence-electron chi connectivity index (χ2n) is 4.86. The maximum Gasteiger partial charge on any atom is 0.196 e. The van der Waals surface area contributed by atoms with Crippen LogP contribution in [0.1, 0.15) is 43.9 Å². The van der Waals surface area contributed by atoms with Gasteiger partial charge in [0.25, 0.3) is 0 Å². The lowest BCUT2D eigenvalue weighted by molar-refractivity contribution is 0.374. The lowest BCUT2D eigenvalue weighted by Gasteiger charge is -2.09. The van der Waals surface area contributed by atoms with Gasteiger partial charge < -0.3 is 14.3 Å². The molecule has 1 saturated heterocycles. The molecule has 2 aromatic rings. The summed E-state index contributed by atoms with van der Waals surface area (Å²) in [4.78, 5) is 4.12. The highest BCUT2D eigenvalue weighted by molar-refractivity contribution is 5.82. The van der Waals surface area contributed by atoms with Crippen LogP contribution in [0, 0.1) is 0 Å². The lowest BCUT2D eigenvalue weighted by atomic mass is 9.97. The molecule has 0 bridgehead atoms. The van der Waals surface area contributed by atoms with E-state index < -0.39 is 0 Å². The monoisotopic (exact) mass is 247 g/mol. The zero-order chi connectivity index (χ0) is 12.7. The summed E-state index contributed by atoms with van der Waals surface area (Å²) in [6, 6.07) is 2.01. The summed E-state index contributed by atoms with van der Waals surface area (Å²) >= 11 is 0. The number of hydrogen-bond acceptors (Lipinski definition) is 4. The van der Waals surface area contributed by atoms with Crippen molar-refractivity contribution >= 4 is 11.1 Å². The summed E-state index contributed by atoms with van der Waals surface area (Å²) in [5, 5.41) is 10.3. The third-order valence-corrected chi connectivity index (χ3v) is 3.52. The number of phenolic OH excluding ortho intramolecular Hbond substituents is 1. The molecule has 4 heteroatoms. The Morgan fingerprint density at radius 3 is 2.89 bits per heavy atom. The summed E-state index contributed by atoms with van der Waals surface area (Å²) in [6.07, 6.45) is 4.71. The molecule has 1 aromatic carbocycles. The molecule has 0 spiro atoms. The van der Waals surface area contributed by atoms with E-state index >= 15 is 0 Å². The van der Waals surface area contributed by atoms with Crippen LogP contribution in [-0.4, -0.2) is 16.2 Å². The molecule has 0 amide bonds. The van der Waals surface area contributed by atoms with E-state index in [1.807, 2.05) is 13.0 Å². The van der Waals surface area contributed by atoms with E-state index in [0.29, 0.717) is 5.58 Å². The van der Waals surface area contributed by atoms with Gasteiger partial charge in [-0.05, 0) is 31.4 Å². The van der Waals surface area contributed by atoms with E-state index in [1.165, 1.54) is 6.39 Å². The van der Waals surface area contributed by atoms with Crippen LogP contribution >= 0.6 is 0 Å². The average Bonchev–Trinajstić information content (AvgIpc) is 2.89. The molecule has 4 nitrogen and oxygen atoms in total. The molecule has 3 rings (SSSR count). The fraction of sp³-hybridized carbons (Fsp3) is 0.500. The first-order valence-corrected chi connectivity index (χ1v) is 6.45. The molecule has 0 radical (unpaired) electrons. The molecule has 96 valence electrons. The van der Waals surface area contributed by atoms with Crippen molar-refractivity contribution in [1.82, 2.24) is 4.98 Å². The number of rotatable bonds is 4. The number of aromatic hydroxyl groups is 1. The molecule has 2 heterocycles. The van der Waals surface area contributed by atoms with Gasteiger partial charge in [-0.1, -0.05) is 13.3 Å². The Labute approximate surface area is 106 Å². The van der Waals surface area contributed by atoms with Crippen molar-refractivity contribution in [3.05, 3.63) is 23.6 Å². The van der Waals surface area contributed by atoms with Gasteiger partial charge in [0.15, 0.2) is 17.7 Å². The van der Waals surface area contributed by atoms with Crippen molar-refractivity contribution < 1.29 is 14.3 Å². The molecule has 1 aromatic heterocycles. The maximum atomic E-state index is 10.3. The summed E-state index contributed by atoms with van der Waals surface area (Å²) in [5.74, 6) is 0.199. The number of ether oxygens (including phenoxy) is 1. The van der Waals surface area contributed by atoms with Gasteiger partial charge in [0.05, 0.1) is 6.10 Å². The summed E-state index contributed by atoms with van der Waals surface area (Å²) in [5.41, 5.74) is 3.20. The van der Waals surface area contributed by atoms with Crippen molar-refractivity contribution in [2.45, 2.75) is 45.3 Å². The Bertz CT molecular complexity index is 576. The first kappa shape index (κ1) is 11.5. The van der Waals surface area contributed by atoms with Crippen LogP contribution in [0.2, 0.25) is 0 Å². The fourth-order valence-electron chi connectivity index (χ4n) is 2.43. The summed E-state index contributed by atoms with van der Waals surface area (Å²) < 4.78 is 10.8. The number of fused-ring (bicyclic) bond motifs is 1. The summed E-state index contributed by atoms with van der Waals surface area (Å²) in [6.45, 7) is 4.17. The molecule has 1 aliphatic heterocycles. The minimum Gasteiger partial charge on any atom is -0.504 e. The molecular weight excluding hydrogens is 230 g/mol. The van der Waals surface area contributed by atoms with Gasteiger partial charge in [-0.25, -0.2) is 4.98 Å². The fourth-order valence-corrected chi connectivity index (χ4v) is 2.43. The molecule has 1 fully saturated rings. The third kappa shape index (κ3) is 1.77. The number of aromatic nitrogens is 1. The van der Waals surface area contributed by atoms with Crippen molar-refractivity contribution in [2.24, 2.45) is 0 Å². The van der Waals surface area contributed by atoms with E-state index in [-0.39, 0.29) is 18.0 Å². The second-order valence-corrected chi connectivity index (χ2v) is 4.86. The molecule has 1 aliphatic rings. The Morgan fingerprint density at radius 1 is 1.44 bits per heavy atom. The highest BCUT2D eigenvalue weighted by Crippen LogP contribution is 2.46. The van der Waals surface area contributed by atoms with Gasteiger partial charge >= 0.3 is 0 Å². The minimum atomic E-state index is 0.00589. The van der Waals surface area contributed by atoms with E-state index in [9.17, 15) is 5.11 Å². The predicted molar refractivity (Wildman–Crippen MR) is 67.6 cm³/mol. The normalized spacial score (nSPS) is 22.6. The Hall–Kier alpha value is -1.55. The van der Waals surface area contributed by atoms with Gasteiger partial charge in [-0.15, -0.1) is 0 Å². The quantitative estimate of drug-likeness (QED) is 0.842. The number of unbranched alkanes of at least 4 members (excludes halogenated alkanes) is 1. The van der Waals surface area contributed by atoms with E-state index in [4.69, 9.17) is 9.15 Å². The smallest absolute Gasteiger partial charge is 0.196 e. The maximum absolute atomic E-state index is 10.3. The van der Waals surface area contributed by atoms with Crippen LogP contribution in [0.5, 0.6) is 5.75 Å². The highest BCUT2D eigenvalue weighted by atomic mass is 16.6. The van der Waals surface area contributed by atoms with Crippen molar-refractivity contribution in [3.8, 4) is 5.75 Å². The van der Waals surface area contributed by atoms with Gasteiger partial charge in [0.2, 0.25) is 0 Å². The number of benzene rings is 1. The topological polar surface area (TPSA) is 58.8 Å². The Morgan fingerprint density at radius 2 is 2.22 bits per heavy atom. The highest BCUT2D eigenvalue weighted by Gasteiger charge is 2.40. The lowest BCUT2D eigenvalue weighted by Crippen LogP contribution is -1.96. The SMILES string of the molecule is CCCCc1cc2ncoc2c(O)c1C1O[C@@H]1C. The molecular formula is C14H17NO3. The average molecular weight is 247 g/mol. The third-order valence-electron chi connectivity index (χ3n) is 3.52. The molecule has 18 heavy (non-hydrogen) atoms. The van der Waals surface area contributed by atoms with Gasteiger partial charge in [0.1, 0.15) is 11.6 Å². The first-order chi connectivity index (χ1) is 8.72. The Kier molecular flexibility index (Phi) is 2.74. The second kappa shape index (κ2) is 4.28. The van der Waals surface area contributed by atoms with Gasteiger partial charge in [-0.3, -0.25) is 0 Å². The standard InChI is InChI=1S/C14H17NO3/c1-3-4-5-9-6-10-14(17-7-15-10)12(16)11(9)13-8(2)18-13/h6-8,13,16H,3-5H2,1-2H3/t8-,13?/m1/s1. The van der Waals surface area contributed by atoms with Crippen LogP contribution in [0.3, 0.4) is 0 Å². The van der Waals surface area contributed by atoms with Crippen LogP contribution in [0.4, 0.5) is 0 Å². The number of aryl methyl sites for hydroxylation is 1. The zero-order valence-electron chi connectivity index (χ0n) is 10.6. The van der Waals surface area contributed by atoms with Gasteiger partial charge in [0, 0.05) is 5.56 Å². The van der Waals surface area contributed by atoms with Crippen LogP contribution in [0.15, 0.2) is 16.9 Å². The molecule has 2 atom stereocenters. The van der Waals surface area contributed by atoms with Crippen LogP contribution in [-0.2, 0) is 11.2 Å². The number of hydrogen-bond donors (Lipinski definition) is 1. The van der Waals surface area contributed by atoms with E-state index in [2.05, 4.69) is 11.9 Å². The van der Waals surface area contributed by atoms with Crippen LogP contribution < -0.4 is 0 Å². The minimum absolute atomic E-state index is 0.00589. The summed E-state index contributed by atoms with van der Waals surface area (Å²) in [7, 11) is 0. The molecule has 1 unspecified atom stereocenters. The van der Waals surface area contributed by atoms with Crippen molar-refractivity contribution in [1.29, 1.82) is 0 Å². The number of oxazole rings is 1. The van der Waals surface area contributed by atoms with E-state index in [1.54, 1.807) is 0 Å².